The number of aliphatic hydroxyl groups is 1. The van der Waals surface area contributed by atoms with Crippen LogP contribution in [0.25, 0.3) is 0 Å². The van der Waals surface area contributed by atoms with Gasteiger partial charge in [0.05, 0.1) is 17.5 Å². The number of oxazole rings is 1. The number of carbonyl (C=O) groups is 2. The quantitative estimate of drug-likeness (QED) is 0.403. The van der Waals surface area contributed by atoms with E-state index in [9.17, 15) is 14.7 Å². The summed E-state index contributed by atoms with van der Waals surface area (Å²) in [5.41, 5.74) is 4.64. The van der Waals surface area contributed by atoms with E-state index in [-0.39, 0.29) is 29.7 Å². The zero-order valence-corrected chi connectivity index (χ0v) is 22.9. The maximum absolute atomic E-state index is 13.2. The first-order chi connectivity index (χ1) is 19.4. The number of anilines is 3. The number of carbonyl (C=O) groups excluding carboxylic acids is 2. The summed E-state index contributed by atoms with van der Waals surface area (Å²) in [5.74, 6) is 0.360. The number of aryl methyl sites for hydroxylation is 1. The molecule has 0 spiro atoms. The molecule has 6 rings (SSSR count). The van der Waals surface area contributed by atoms with Crippen molar-refractivity contribution in [1.29, 1.82) is 0 Å². The van der Waals surface area contributed by atoms with Gasteiger partial charge in [0.1, 0.15) is 6.26 Å². The molecule has 1 aliphatic heterocycles. The van der Waals surface area contributed by atoms with E-state index in [0.717, 1.165) is 64.0 Å². The number of benzene rings is 2. The molecule has 2 amide bonds. The molecule has 9 heteroatoms. The molecule has 2 aromatic carbocycles. The third-order valence-corrected chi connectivity index (χ3v) is 8.25. The van der Waals surface area contributed by atoms with Crippen molar-refractivity contribution in [3.63, 3.8) is 0 Å². The molecule has 2 saturated carbocycles. The highest BCUT2D eigenvalue weighted by Crippen LogP contribution is 2.39. The topological polar surface area (TPSA) is 111 Å². The van der Waals surface area contributed by atoms with Crippen molar-refractivity contribution >= 4 is 28.9 Å². The number of hydrogen-bond acceptors (Lipinski definition) is 7. The lowest BCUT2D eigenvalue weighted by molar-refractivity contribution is 0.0849. The molecule has 3 N–H and O–H groups in total. The van der Waals surface area contributed by atoms with Crippen LogP contribution in [0.4, 0.5) is 17.1 Å². The van der Waals surface area contributed by atoms with Crippen molar-refractivity contribution < 1.29 is 19.1 Å². The Hall–Kier alpha value is -3.85. The second-order valence-electron chi connectivity index (χ2n) is 11.3. The van der Waals surface area contributed by atoms with Crippen LogP contribution in [-0.4, -0.2) is 60.2 Å². The molecule has 3 aliphatic rings. The molecule has 1 aromatic heterocycles. The summed E-state index contributed by atoms with van der Waals surface area (Å²) in [6.45, 7) is 5.37. The number of amides is 2. The minimum atomic E-state index is -0.377. The van der Waals surface area contributed by atoms with E-state index in [1.807, 2.05) is 12.1 Å². The largest absolute Gasteiger partial charge is 0.448 e. The summed E-state index contributed by atoms with van der Waals surface area (Å²) >= 11 is 0. The number of nitrogens with one attached hydrogen (secondary N) is 2. The molecule has 2 aliphatic carbocycles. The molecular weight excluding hydrogens is 506 g/mol. The van der Waals surface area contributed by atoms with E-state index in [1.54, 1.807) is 6.07 Å². The van der Waals surface area contributed by atoms with E-state index in [0.29, 0.717) is 29.5 Å². The van der Waals surface area contributed by atoms with Crippen molar-refractivity contribution in [3.8, 4) is 0 Å². The third kappa shape index (κ3) is 5.84. The molecule has 40 heavy (non-hydrogen) atoms. The van der Waals surface area contributed by atoms with Crippen molar-refractivity contribution in [2.75, 3.05) is 41.3 Å². The average molecular weight is 544 g/mol. The van der Waals surface area contributed by atoms with Gasteiger partial charge in [-0.2, -0.15) is 0 Å². The van der Waals surface area contributed by atoms with Gasteiger partial charge >= 0.3 is 0 Å². The highest BCUT2D eigenvalue weighted by molar-refractivity contribution is 6.06. The Morgan fingerprint density at radius 2 is 1.70 bits per heavy atom. The lowest BCUT2D eigenvalue weighted by atomic mass is 9.93. The van der Waals surface area contributed by atoms with Gasteiger partial charge in [-0.3, -0.25) is 9.59 Å². The molecule has 3 aromatic rings. The maximum atomic E-state index is 13.2. The Morgan fingerprint density at radius 3 is 2.42 bits per heavy atom. The van der Waals surface area contributed by atoms with Crippen LogP contribution in [0, 0.1) is 6.92 Å². The highest BCUT2D eigenvalue weighted by Gasteiger charge is 2.30. The zero-order valence-electron chi connectivity index (χ0n) is 22.9. The van der Waals surface area contributed by atoms with E-state index in [2.05, 4.69) is 56.6 Å². The summed E-state index contributed by atoms with van der Waals surface area (Å²) in [6, 6.07) is 13.8. The molecule has 0 bridgehead atoms. The number of aliphatic hydroxyl groups excluding tert-OH is 1. The van der Waals surface area contributed by atoms with Gasteiger partial charge in [0.25, 0.3) is 11.8 Å². The van der Waals surface area contributed by atoms with Crippen LogP contribution in [0.5, 0.6) is 0 Å². The molecular formula is C31H37N5O4. The monoisotopic (exact) mass is 543 g/mol. The first-order valence-corrected chi connectivity index (χ1v) is 14.4. The average Bonchev–Trinajstić information content (AvgIpc) is 3.69. The van der Waals surface area contributed by atoms with Crippen molar-refractivity contribution in [2.45, 2.75) is 63.5 Å². The standard InChI is InChI=1S/C31H37N5O4/c1-20-5-2-3-8-27(20)35-13-15-36(16-14-35)28-12-11-22(29(38)32-23-6-4-7-24(37)18-23)17-25(28)33-30(39)26-19-40-31(34-26)21-9-10-21/h2-3,5,8,11-12,17,19,21,23-24,37H,4,6-7,9-10,13-16,18H2,1H3,(H,32,38)(H,33,39)/t23-,24+/m1/s1. The van der Waals surface area contributed by atoms with Gasteiger partial charge in [-0.25, -0.2) is 4.98 Å². The smallest absolute Gasteiger partial charge is 0.277 e. The molecule has 3 fully saturated rings. The Kier molecular flexibility index (Phi) is 7.47. The molecule has 0 unspecified atom stereocenters. The normalized spacial score (nSPS) is 21.2. The summed E-state index contributed by atoms with van der Waals surface area (Å²) < 4.78 is 5.54. The van der Waals surface area contributed by atoms with E-state index < -0.39 is 0 Å². The predicted molar refractivity (Wildman–Crippen MR) is 154 cm³/mol. The minimum absolute atomic E-state index is 0.0561. The number of hydrogen-bond donors (Lipinski definition) is 3. The fraction of sp³-hybridized carbons (Fsp3) is 0.452. The Labute approximate surface area is 234 Å². The molecule has 1 saturated heterocycles. The lowest BCUT2D eigenvalue weighted by Gasteiger charge is -2.38. The molecule has 2 atom stereocenters. The Balaban J connectivity index is 1.21. The van der Waals surface area contributed by atoms with Crippen molar-refractivity contribution in [2.24, 2.45) is 0 Å². The number of rotatable bonds is 7. The number of aromatic nitrogens is 1. The van der Waals surface area contributed by atoms with Gasteiger partial charge in [-0.15, -0.1) is 0 Å². The van der Waals surface area contributed by atoms with Crippen molar-refractivity contribution in [1.82, 2.24) is 10.3 Å². The molecule has 210 valence electrons. The summed E-state index contributed by atoms with van der Waals surface area (Å²) in [4.78, 5) is 35.4. The number of piperazine rings is 1. The van der Waals surface area contributed by atoms with Crippen LogP contribution < -0.4 is 20.4 Å². The number of nitrogens with zero attached hydrogens (tertiary/aromatic N) is 3. The van der Waals surface area contributed by atoms with Gasteiger partial charge < -0.3 is 30.0 Å². The van der Waals surface area contributed by atoms with E-state index in [1.165, 1.54) is 17.5 Å². The molecule has 0 radical (unpaired) electrons. The van der Waals surface area contributed by atoms with Gasteiger partial charge in [0.2, 0.25) is 0 Å². The minimum Gasteiger partial charge on any atom is -0.448 e. The van der Waals surface area contributed by atoms with Crippen LogP contribution in [0.15, 0.2) is 53.1 Å². The zero-order chi connectivity index (χ0) is 27.6. The highest BCUT2D eigenvalue weighted by atomic mass is 16.3. The summed E-state index contributed by atoms with van der Waals surface area (Å²) in [5, 5.41) is 16.1. The van der Waals surface area contributed by atoms with Crippen molar-refractivity contribution in [3.05, 3.63) is 71.4 Å². The fourth-order valence-corrected chi connectivity index (χ4v) is 5.82. The third-order valence-electron chi connectivity index (χ3n) is 8.25. The SMILES string of the molecule is Cc1ccccc1N1CCN(c2ccc(C(=O)N[C@@H]3CCC[C@H](O)C3)cc2NC(=O)c2coc(C3CC3)n2)CC1. The van der Waals surface area contributed by atoms with Crippen LogP contribution in [0.2, 0.25) is 0 Å². The fourth-order valence-electron chi connectivity index (χ4n) is 5.82. The predicted octanol–water partition coefficient (Wildman–Crippen LogP) is 4.47. The Bertz CT molecular complexity index is 1380. The molecule has 9 nitrogen and oxygen atoms in total. The molecule has 2 heterocycles. The first kappa shape index (κ1) is 26.4. The van der Waals surface area contributed by atoms with Crippen LogP contribution in [0.1, 0.15) is 76.7 Å². The van der Waals surface area contributed by atoms with Crippen LogP contribution >= 0.6 is 0 Å². The van der Waals surface area contributed by atoms with Crippen LogP contribution in [-0.2, 0) is 0 Å². The van der Waals surface area contributed by atoms with Gasteiger partial charge in [-0.1, -0.05) is 18.2 Å². The van der Waals surface area contributed by atoms with Crippen LogP contribution in [0.3, 0.4) is 0 Å². The summed E-state index contributed by atoms with van der Waals surface area (Å²) in [7, 11) is 0. The van der Waals surface area contributed by atoms with Gasteiger partial charge in [-0.05, 0) is 75.3 Å². The Morgan fingerprint density at radius 1 is 0.950 bits per heavy atom. The second kappa shape index (κ2) is 11.3. The van der Waals surface area contributed by atoms with E-state index in [4.69, 9.17) is 4.42 Å². The summed E-state index contributed by atoms with van der Waals surface area (Å²) in [6.07, 6.45) is 6.19. The lowest BCUT2D eigenvalue weighted by Crippen LogP contribution is -2.47. The van der Waals surface area contributed by atoms with Gasteiger partial charge in [0.15, 0.2) is 11.6 Å². The number of para-hydroxylation sites is 1. The first-order valence-electron chi connectivity index (χ1n) is 14.4. The van der Waals surface area contributed by atoms with Gasteiger partial charge in [0, 0.05) is 49.4 Å². The maximum Gasteiger partial charge on any atom is 0.277 e. The second-order valence-corrected chi connectivity index (χ2v) is 11.3. The van der Waals surface area contributed by atoms with E-state index >= 15 is 0 Å².